The van der Waals surface area contributed by atoms with Gasteiger partial charge in [0.1, 0.15) is 6.04 Å². The molecule has 0 aliphatic rings. The van der Waals surface area contributed by atoms with Gasteiger partial charge in [0, 0.05) is 14.1 Å². The molecular formula is C14H28N4O3. The number of likely N-dealkylation sites (N-methyl/N-ethyl adjacent to an activating group) is 2. The Morgan fingerprint density at radius 3 is 1.81 bits per heavy atom. The van der Waals surface area contributed by atoms with Gasteiger partial charge in [0.05, 0.1) is 6.04 Å². The van der Waals surface area contributed by atoms with Gasteiger partial charge in [0.25, 0.3) is 5.91 Å². The summed E-state index contributed by atoms with van der Waals surface area (Å²) in [4.78, 5) is 37.9. The van der Waals surface area contributed by atoms with Gasteiger partial charge in [-0.2, -0.15) is 0 Å². The number of hydrogen-bond donors (Lipinski definition) is 2. The molecule has 4 N–H and O–H groups in total. The number of imide groups is 1. The lowest BCUT2D eigenvalue weighted by molar-refractivity contribution is -0.144. The first-order valence-corrected chi connectivity index (χ1v) is 7.09. The van der Waals surface area contributed by atoms with E-state index in [9.17, 15) is 14.4 Å². The van der Waals surface area contributed by atoms with Gasteiger partial charge in [-0.3, -0.25) is 14.5 Å². The summed E-state index contributed by atoms with van der Waals surface area (Å²) >= 11 is 0. The van der Waals surface area contributed by atoms with E-state index in [1.54, 1.807) is 13.8 Å². The van der Waals surface area contributed by atoms with Crippen LogP contribution in [0.4, 0.5) is 4.79 Å². The molecular weight excluding hydrogens is 272 g/mol. The van der Waals surface area contributed by atoms with Gasteiger partial charge >= 0.3 is 6.03 Å². The second-order valence-electron chi connectivity index (χ2n) is 6.11. The SMILES string of the molecule is CC(C)C[C@@H](N)C(=O)N(C)[C@H](C(=O)N(C)C(N)=O)C(C)C. The summed E-state index contributed by atoms with van der Waals surface area (Å²) < 4.78 is 0. The number of rotatable bonds is 6. The summed E-state index contributed by atoms with van der Waals surface area (Å²) in [5.74, 6) is -0.711. The summed E-state index contributed by atoms with van der Waals surface area (Å²) in [5.41, 5.74) is 11.0. The van der Waals surface area contributed by atoms with E-state index in [-0.39, 0.29) is 17.7 Å². The number of carbonyl (C=O) groups excluding carboxylic acids is 3. The van der Waals surface area contributed by atoms with Crippen molar-refractivity contribution in [2.75, 3.05) is 14.1 Å². The fourth-order valence-corrected chi connectivity index (χ4v) is 2.21. The highest BCUT2D eigenvalue weighted by Crippen LogP contribution is 2.15. The molecule has 0 rings (SSSR count). The molecule has 0 spiro atoms. The maximum Gasteiger partial charge on any atom is 0.321 e. The second-order valence-corrected chi connectivity index (χ2v) is 6.11. The van der Waals surface area contributed by atoms with Crippen molar-refractivity contribution in [1.29, 1.82) is 0 Å². The monoisotopic (exact) mass is 300 g/mol. The van der Waals surface area contributed by atoms with E-state index in [1.165, 1.54) is 19.0 Å². The molecule has 122 valence electrons. The standard InChI is InChI=1S/C14H28N4O3/c1-8(2)7-10(15)12(19)17(5)11(9(3)4)13(20)18(6)14(16)21/h8-11H,7,15H2,1-6H3,(H2,16,21)/t10-,11+/m1/s1. The third kappa shape index (κ3) is 5.34. The lowest BCUT2D eigenvalue weighted by Crippen LogP contribution is -2.56. The Morgan fingerprint density at radius 2 is 1.48 bits per heavy atom. The van der Waals surface area contributed by atoms with Crippen LogP contribution in [0.1, 0.15) is 34.1 Å². The van der Waals surface area contributed by atoms with Crippen molar-refractivity contribution >= 4 is 17.8 Å². The molecule has 0 fully saturated rings. The summed E-state index contributed by atoms with van der Waals surface area (Å²) in [5, 5.41) is 0. The fraction of sp³-hybridized carbons (Fsp3) is 0.786. The number of hydrogen-bond acceptors (Lipinski definition) is 4. The molecule has 0 aliphatic heterocycles. The molecule has 0 aliphatic carbocycles. The van der Waals surface area contributed by atoms with E-state index < -0.39 is 24.0 Å². The van der Waals surface area contributed by atoms with Crippen molar-refractivity contribution in [3.05, 3.63) is 0 Å². The zero-order chi connectivity index (χ0) is 16.9. The number of urea groups is 1. The van der Waals surface area contributed by atoms with Gasteiger partial charge in [0.2, 0.25) is 5.91 Å². The minimum atomic E-state index is -0.849. The summed E-state index contributed by atoms with van der Waals surface area (Å²) in [6.45, 7) is 7.54. The largest absolute Gasteiger partial charge is 0.351 e. The van der Waals surface area contributed by atoms with Crippen LogP contribution in [0.5, 0.6) is 0 Å². The Kier molecular flexibility index (Phi) is 7.35. The van der Waals surface area contributed by atoms with Gasteiger partial charge in [0.15, 0.2) is 0 Å². The Bertz CT molecular complexity index is 396. The molecule has 0 unspecified atom stereocenters. The van der Waals surface area contributed by atoms with E-state index in [0.717, 1.165) is 4.90 Å². The Hall–Kier alpha value is -1.63. The zero-order valence-corrected chi connectivity index (χ0v) is 13.8. The number of primary amides is 1. The minimum Gasteiger partial charge on any atom is -0.351 e. The first-order chi connectivity index (χ1) is 9.50. The topological polar surface area (TPSA) is 110 Å². The third-order valence-electron chi connectivity index (χ3n) is 3.35. The predicted molar refractivity (Wildman–Crippen MR) is 81.2 cm³/mol. The number of amides is 4. The van der Waals surface area contributed by atoms with Crippen LogP contribution in [-0.2, 0) is 9.59 Å². The predicted octanol–water partition coefficient (Wildman–Crippen LogP) is 0.380. The molecule has 4 amide bonds. The van der Waals surface area contributed by atoms with Crippen molar-refractivity contribution < 1.29 is 14.4 Å². The highest BCUT2D eigenvalue weighted by molar-refractivity contribution is 5.98. The molecule has 2 atom stereocenters. The van der Waals surface area contributed by atoms with Crippen LogP contribution in [0.15, 0.2) is 0 Å². The van der Waals surface area contributed by atoms with Crippen LogP contribution < -0.4 is 11.5 Å². The van der Waals surface area contributed by atoms with Crippen molar-refractivity contribution in [3.8, 4) is 0 Å². The van der Waals surface area contributed by atoms with E-state index in [1.807, 2.05) is 13.8 Å². The van der Waals surface area contributed by atoms with Crippen molar-refractivity contribution in [3.63, 3.8) is 0 Å². The molecule has 0 saturated heterocycles. The fourth-order valence-electron chi connectivity index (χ4n) is 2.21. The Labute approximate surface area is 126 Å². The lowest BCUT2D eigenvalue weighted by atomic mass is 9.98. The van der Waals surface area contributed by atoms with Crippen LogP contribution in [0.25, 0.3) is 0 Å². The molecule has 21 heavy (non-hydrogen) atoms. The van der Waals surface area contributed by atoms with Gasteiger partial charge in [-0.15, -0.1) is 0 Å². The third-order valence-corrected chi connectivity index (χ3v) is 3.35. The molecule has 7 heteroatoms. The van der Waals surface area contributed by atoms with E-state index in [4.69, 9.17) is 11.5 Å². The summed E-state index contributed by atoms with van der Waals surface area (Å²) in [7, 11) is 2.83. The number of nitrogens with zero attached hydrogens (tertiary/aromatic N) is 2. The van der Waals surface area contributed by atoms with Gasteiger partial charge < -0.3 is 16.4 Å². The molecule has 0 aromatic carbocycles. The molecule has 7 nitrogen and oxygen atoms in total. The van der Waals surface area contributed by atoms with Gasteiger partial charge in [-0.1, -0.05) is 27.7 Å². The van der Waals surface area contributed by atoms with Gasteiger partial charge in [-0.25, -0.2) is 4.79 Å². The lowest BCUT2D eigenvalue weighted by Gasteiger charge is -2.33. The normalized spacial score (nSPS) is 14.0. The van der Waals surface area contributed by atoms with Crippen LogP contribution in [0.3, 0.4) is 0 Å². The van der Waals surface area contributed by atoms with Crippen molar-refractivity contribution in [2.24, 2.45) is 23.3 Å². The van der Waals surface area contributed by atoms with Crippen molar-refractivity contribution in [1.82, 2.24) is 9.80 Å². The maximum atomic E-state index is 12.3. The van der Waals surface area contributed by atoms with Crippen LogP contribution in [-0.4, -0.2) is 53.8 Å². The van der Waals surface area contributed by atoms with E-state index in [0.29, 0.717) is 6.42 Å². The molecule has 0 bridgehead atoms. The molecule has 0 aromatic heterocycles. The summed E-state index contributed by atoms with van der Waals surface area (Å²) in [6, 6.07) is -2.28. The molecule has 0 radical (unpaired) electrons. The minimum absolute atomic E-state index is 0.167. The zero-order valence-electron chi connectivity index (χ0n) is 13.8. The highest BCUT2D eigenvalue weighted by atomic mass is 16.2. The number of nitrogens with two attached hydrogens (primary N) is 2. The average Bonchev–Trinajstić information content (AvgIpc) is 2.35. The molecule has 0 heterocycles. The second kappa shape index (κ2) is 7.97. The molecule has 0 aromatic rings. The maximum absolute atomic E-state index is 12.3. The Morgan fingerprint density at radius 1 is 1.00 bits per heavy atom. The summed E-state index contributed by atoms with van der Waals surface area (Å²) in [6.07, 6.45) is 0.536. The van der Waals surface area contributed by atoms with E-state index in [2.05, 4.69) is 0 Å². The highest BCUT2D eigenvalue weighted by Gasteiger charge is 2.35. The number of carbonyl (C=O) groups is 3. The smallest absolute Gasteiger partial charge is 0.321 e. The van der Waals surface area contributed by atoms with Crippen LogP contribution >= 0.6 is 0 Å². The average molecular weight is 300 g/mol. The van der Waals surface area contributed by atoms with Crippen molar-refractivity contribution in [2.45, 2.75) is 46.2 Å². The van der Waals surface area contributed by atoms with Gasteiger partial charge in [-0.05, 0) is 18.3 Å². The van der Waals surface area contributed by atoms with E-state index >= 15 is 0 Å². The first-order valence-electron chi connectivity index (χ1n) is 7.09. The van der Waals surface area contributed by atoms with Crippen LogP contribution in [0.2, 0.25) is 0 Å². The van der Waals surface area contributed by atoms with Crippen LogP contribution in [0, 0.1) is 11.8 Å². The first kappa shape index (κ1) is 19.4. The quantitative estimate of drug-likeness (QED) is 0.738. The Balaban J connectivity index is 5.16. The molecule has 0 saturated carbocycles.